The molecule has 7 heteroatoms. The lowest BCUT2D eigenvalue weighted by molar-refractivity contribution is 0.0784. The summed E-state index contributed by atoms with van der Waals surface area (Å²) < 4.78 is 25.4. The largest absolute Gasteiger partial charge is 0.337 e. The molecule has 1 fully saturated rings. The monoisotopic (exact) mass is 389 g/mol. The molecular formula is C20H27N3O3S. The van der Waals surface area contributed by atoms with E-state index in [1.54, 1.807) is 11.9 Å². The van der Waals surface area contributed by atoms with E-state index in [4.69, 9.17) is 0 Å². The van der Waals surface area contributed by atoms with Gasteiger partial charge in [-0.3, -0.25) is 9.48 Å². The molecule has 0 spiro atoms. The standard InChI is InChI=1S/C20H27N3O3S/c1-5-16-6-8-17(9-7-16)20(24)22(4)12-19-14(2)21-23(15(19)3)18-10-11-27(25,26)13-18/h6-9,18H,5,10-13H2,1-4H3/t18-/m0/s1. The number of nitrogens with zero attached hydrogens (tertiary/aromatic N) is 3. The van der Waals surface area contributed by atoms with E-state index in [9.17, 15) is 13.2 Å². The van der Waals surface area contributed by atoms with E-state index >= 15 is 0 Å². The molecule has 0 unspecified atom stereocenters. The molecule has 0 N–H and O–H groups in total. The quantitative estimate of drug-likeness (QED) is 0.788. The van der Waals surface area contributed by atoms with Crippen LogP contribution >= 0.6 is 0 Å². The number of aryl methyl sites for hydroxylation is 2. The fraction of sp³-hybridized carbons (Fsp3) is 0.500. The first-order valence-electron chi connectivity index (χ1n) is 9.31. The Bertz CT molecular complexity index is 946. The Morgan fingerprint density at radius 3 is 2.48 bits per heavy atom. The van der Waals surface area contributed by atoms with E-state index < -0.39 is 9.84 Å². The van der Waals surface area contributed by atoms with Crippen LogP contribution in [0.3, 0.4) is 0 Å². The lowest BCUT2D eigenvalue weighted by Gasteiger charge is -2.18. The van der Waals surface area contributed by atoms with Gasteiger partial charge in [0.25, 0.3) is 5.91 Å². The summed E-state index contributed by atoms with van der Waals surface area (Å²) >= 11 is 0. The number of carbonyl (C=O) groups is 1. The maximum atomic E-state index is 12.7. The minimum atomic E-state index is -2.97. The number of benzene rings is 1. The van der Waals surface area contributed by atoms with Crippen molar-refractivity contribution in [3.63, 3.8) is 0 Å². The van der Waals surface area contributed by atoms with Gasteiger partial charge in [-0.05, 0) is 44.4 Å². The van der Waals surface area contributed by atoms with Crippen LogP contribution in [0, 0.1) is 13.8 Å². The van der Waals surface area contributed by atoms with Crippen LogP contribution in [-0.4, -0.2) is 47.6 Å². The van der Waals surface area contributed by atoms with Crippen LogP contribution in [-0.2, 0) is 22.8 Å². The van der Waals surface area contributed by atoms with Crippen LogP contribution < -0.4 is 0 Å². The minimum absolute atomic E-state index is 0.0346. The summed E-state index contributed by atoms with van der Waals surface area (Å²) in [4.78, 5) is 14.4. The number of amides is 1. The Hall–Kier alpha value is -2.15. The molecule has 1 aromatic carbocycles. The Balaban J connectivity index is 1.77. The molecule has 2 heterocycles. The van der Waals surface area contributed by atoms with Crippen molar-refractivity contribution in [2.24, 2.45) is 0 Å². The van der Waals surface area contributed by atoms with Gasteiger partial charge in [0.1, 0.15) is 0 Å². The number of hydrogen-bond donors (Lipinski definition) is 0. The van der Waals surface area contributed by atoms with Gasteiger partial charge in [-0.25, -0.2) is 8.42 Å². The maximum absolute atomic E-state index is 12.7. The first-order chi connectivity index (χ1) is 12.7. The Kier molecular flexibility index (Phi) is 5.42. The molecule has 1 atom stereocenters. The van der Waals surface area contributed by atoms with Gasteiger partial charge in [-0.2, -0.15) is 5.10 Å². The summed E-state index contributed by atoms with van der Waals surface area (Å²) in [5.74, 6) is 0.331. The number of carbonyl (C=O) groups excluding carboxylic acids is 1. The van der Waals surface area contributed by atoms with Gasteiger partial charge in [0.15, 0.2) is 9.84 Å². The second-order valence-corrected chi connectivity index (χ2v) is 9.59. The molecule has 0 saturated carbocycles. The number of aromatic nitrogens is 2. The molecular weight excluding hydrogens is 362 g/mol. The predicted molar refractivity (Wildman–Crippen MR) is 106 cm³/mol. The van der Waals surface area contributed by atoms with Crippen LogP contribution in [0.25, 0.3) is 0 Å². The van der Waals surface area contributed by atoms with Crippen molar-refractivity contribution < 1.29 is 13.2 Å². The molecule has 146 valence electrons. The highest BCUT2D eigenvalue weighted by Gasteiger charge is 2.31. The van der Waals surface area contributed by atoms with E-state index in [2.05, 4.69) is 12.0 Å². The van der Waals surface area contributed by atoms with Crippen molar-refractivity contribution >= 4 is 15.7 Å². The van der Waals surface area contributed by atoms with Crippen LogP contribution in [0.4, 0.5) is 0 Å². The Morgan fingerprint density at radius 2 is 1.93 bits per heavy atom. The molecule has 1 aliphatic rings. The second-order valence-electron chi connectivity index (χ2n) is 7.36. The van der Waals surface area contributed by atoms with E-state index in [-0.39, 0.29) is 23.5 Å². The number of hydrogen-bond acceptors (Lipinski definition) is 4. The predicted octanol–water partition coefficient (Wildman–Crippen LogP) is 2.69. The molecule has 0 radical (unpaired) electrons. The van der Waals surface area contributed by atoms with Crippen molar-refractivity contribution in [2.45, 2.75) is 46.2 Å². The fourth-order valence-corrected chi connectivity index (χ4v) is 5.35. The van der Waals surface area contributed by atoms with Gasteiger partial charge in [0.05, 0.1) is 23.2 Å². The lowest BCUT2D eigenvalue weighted by Crippen LogP contribution is -2.26. The number of sulfone groups is 1. The smallest absolute Gasteiger partial charge is 0.253 e. The summed E-state index contributed by atoms with van der Waals surface area (Å²) in [5.41, 5.74) is 4.64. The first kappa shape index (κ1) is 19.6. The van der Waals surface area contributed by atoms with Crippen LogP contribution in [0.1, 0.15) is 52.3 Å². The summed E-state index contributed by atoms with van der Waals surface area (Å²) in [6.45, 7) is 6.40. The zero-order valence-corrected chi connectivity index (χ0v) is 17.2. The van der Waals surface area contributed by atoms with Crippen LogP contribution in [0.5, 0.6) is 0 Å². The Morgan fingerprint density at radius 1 is 1.26 bits per heavy atom. The zero-order valence-electron chi connectivity index (χ0n) is 16.4. The summed E-state index contributed by atoms with van der Waals surface area (Å²) in [7, 11) is -1.18. The fourth-order valence-electron chi connectivity index (χ4n) is 3.66. The third-order valence-corrected chi connectivity index (χ3v) is 7.13. The van der Waals surface area contributed by atoms with E-state index in [1.165, 1.54) is 5.56 Å². The molecule has 0 aliphatic carbocycles. The summed E-state index contributed by atoms with van der Waals surface area (Å²) in [6.07, 6.45) is 1.54. The maximum Gasteiger partial charge on any atom is 0.253 e. The molecule has 0 bridgehead atoms. The van der Waals surface area contributed by atoms with E-state index in [0.29, 0.717) is 18.5 Å². The first-order valence-corrected chi connectivity index (χ1v) is 11.1. The van der Waals surface area contributed by atoms with E-state index in [1.807, 2.05) is 42.8 Å². The van der Waals surface area contributed by atoms with Gasteiger partial charge < -0.3 is 4.90 Å². The molecule has 6 nitrogen and oxygen atoms in total. The summed E-state index contributed by atoms with van der Waals surface area (Å²) in [6, 6.07) is 7.59. The normalized spacial score (nSPS) is 18.6. The second kappa shape index (κ2) is 7.46. The van der Waals surface area contributed by atoms with Gasteiger partial charge in [0.2, 0.25) is 0 Å². The topological polar surface area (TPSA) is 72.3 Å². The van der Waals surface area contributed by atoms with Gasteiger partial charge in [0, 0.05) is 30.4 Å². The van der Waals surface area contributed by atoms with Crippen LogP contribution in [0.15, 0.2) is 24.3 Å². The molecule has 2 aromatic rings. The van der Waals surface area contributed by atoms with Crippen molar-refractivity contribution in [1.29, 1.82) is 0 Å². The average Bonchev–Trinajstić information content (AvgIpc) is 3.14. The summed E-state index contributed by atoms with van der Waals surface area (Å²) in [5, 5.41) is 4.58. The molecule has 1 amide bonds. The van der Waals surface area contributed by atoms with Gasteiger partial charge in [-0.1, -0.05) is 19.1 Å². The lowest BCUT2D eigenvalue weighted by atomic mass is 10.1. The van der Waals surface area contributed by atoms with Gasteiger partial charge in [-0.15, -0.1) is 0 Å². The third kappa shape index (κ3) is 4.08. The SMILES string of the molecule is CCc1ccc(C(=O)N(C)Cc2c(C)nn([C@H]3CCS(=O)(=O)C3)c2C)cc1. The van der Waals surface area contributed by atoms with Crippen molar-refractivity contribution in [2.75, 3.05) is 18.6 Å². The van der Waals surface area contributed by atoms with Crippen molar-refractivity contribution in [3.05, 3.63) is 52.3 Å². The van der Waals surface area contributed by atoms with E-state index in [0.717, 1.165) is 23.4 Å². The molecule has 1 saturated heterocycles. The van der Waals surface area contributed by atoms with Crippen LogP contribution in [0.2, 0.25) is 0 Å². The molecule has 27 heavy (non-hydrogen) atoms. The molecule has 1 aromatic heterocycles. The van der Waals surface area contributed by atoms with Crippen molar-refractivity contribution in [3.8, 4) is 0 Å². The Labute approximate surface area is 161 Å². The molecule has 3 rings (SSSR count). The zero-order chi connectivity index (χ0) is 19.8. The number of rotatable bonds is 5. The minimum Gasteiger partial charge on any atom is -0.337 e. The van der Waals surface area contributed by atoms with Crippen molar-refractivity contribution in [1.82, 2.24) is 14.7 Å². The highest BCUT2D eigenvalue weighted by Crippen LogP contribution is 2.27. The van der Waals surface area contributed by atoms with Gasteiger partial charge >= 0.3 is 0 Å². The average molecular weight is 390 g/mol. The molecule has 1 aliphatic heterocycles. The highest BCUT2D eigenvalue weighted by atomic mass is 32.2. The highest BCUT2D eigenvalue weighted by molar-refractivity contribution is 7.91. The third-order valence-electron chi connectivity index (χ3n) is 5.38.